The van der Waals surface area contributed by atoms with Crippen molar-refractivity contribution in [2.24, 2.45) is 0 Å². The van der Waals surface area contributed by atoms with E-state index in [4.69, 9.17) is 4.74 Å². The Morgan fingerprint density at radius 3 is 2.81 bits per heavy atom. The van der Waals surface area contributed by atoms with E-state index in [9.17, 15) is 14.7 Å². The molecule has 0 bridgehead atoms. The van der Waals surface area contributed by atoms with E-state index in [1.165, 1.54) is 4.90 Å². The molecule has 0 radical (unpaired) electrons. The van der Waals surface area contributed by atoms with Crippen LogP contribution in [0.4, 0.5) is 0 Å². The fraction of sp³-hybridized carbons (Fsp3) is 0.500. The predicted molar refractivity (Wildman–Crippen MR) is 78.4 cm³/mol. The van der Waals surface area contributed by atoms with Crippen LogP contribution in [0.1, 0.15) is 30.4 Å². The lowest BCUT2D eigenvalue weighted by atomic mass is 10.0. The van der Waals surface area contributed by atoms with Gasteiger partial charge in [-0.25, -0.2) is 4.79 Å². The van der Waals surface area contributed by atoms with E-state index in [1.807, 2.05) is 25.1 Å². The van der Waals surface area contributed by atoms with E-state index in [2.05, 4.69) is 0 Å². The van der Waals surface area contributed by atoms with E-state index in [0.717, 1.165) is 29.7 Å². The van der Waals surface area contributed by atoms with Gasteiger partial charge >= 0.3 is 5.97 Å². The number of likely N-dealkylation sites (tertiary alicyclic amines) is 1. The SMILES string of the molecule is COc1cc(CC(=O)N2CCCCC2C(=O)O)ccc1C. The van der Waals surface area contributed by atoms with Crippen molar-refractivity contribution in [1.82, 2.24) is 4.90 Å². The highest BCUT2D eigenvalue weighted by Gasteiger charge is 2.31. The van der Waals surface area contributed by atoms with Gasteiger partial charge in [0, 0.05) is 6.54 Å². The maximum Gasteiger partial charge on any atom is 0.326 e. The molecule has 5 nitrogen and oxygen atoms in total. The van der Waals surface area contributed by atoms with E-state index < -0.39 is 12.0 Å². The van der Waals surface area contributed by atoms with Gasteiger partial charge in [0.05, 0.1) is 13.5 Å². The molecule has 0 spiro atoms. The quantitative estimate of drug-likeness (QED) is 0.921. The van der Waals surface area contributed by atoms with Crippen molar-refractivity contribution in [3.05, 3.63) is 29.3 Å². The molecule has 1 atom stereocenters. The average molecular weight is 291 g/mol. The average Bonchev–Trinajstić information content (AvgIpc) is 2.49. The van der Waals surface area contributed by atoms with Crippen molar-refractivity contribution in [2.45, 2.75) is 38.6 Å². The van der Waals surface area contributed by atoms with Crippen LogP contribution in [-0.4, -0.2) is 41.6 Å². The van der Waals surface area contributed by atoms with Gasteiger partial charge in [-0.3, -0.25) is 4.79 Å². The highest BCUT2D eigenvalue weighted by molar-refractivity contribution is 5.85. The predicted octanol–water partition coefficient (Wildman–Crippen LogP) is 2.01. The van der Waals surface area contributed by atoms with Crippen LogP contribution in [0.2, 0.25) is 0 Å². The molecule has 0 aliphatic carbocycles. The number of aliphatic carboxylic acids is 1. The number of piperidine rings is 1. The fourth-order valence-corrected chi connectivity index (χ4v) is 2.74. The number of carboxylic acid groups (broad SMARTS) is 1. The number of aryl methyl sites for hydroxylation is 1. The summed E-state index contributed by atoms with van der Waals surface area (Å²) < 4.78 is 5.25. The summed E-state index contributed by atoms with van der Waals surface area (Å²) in [5.41, 5.74) is 1.85. The summed E-state index contributed by atoms with van der Waals surface area (Å²) in [5.74, 6) is -0.300. The van der Waals surface area contributed by atoms with Crippen LogP contribution in [0.25, 0.3) is 0 Å². The first-order valence-electron chi connectivity index (χ1n) is 7.18. The van der Waals surface area contributed by atoms with Crippen LogP contribution in [0, 0.1) is 6.92 Å². The zero-order chi connectivity index (χ0) is 15.4. The molecule has 5 heteroatoms. The second-order valence-electron chi connectivity index (χ2n) is 5.42. The third kappa shape index (κ3) is 3.54. The van der Waals surface area contributed by atoms with Gasteiger partial charge in [0.15, 0.2) is 0 Å². The number of ether oxygens (including phenoxy) is 1. The Kier molecular flexibility index (Phi) is 4.83. The number of nitrogens with zero attached hydrogens (tertiary/aromatic N) is 1. The number of hydrogen-bond donors (Lipinski definition) is 1. The fourth-order valence-electron chi connectivity index (χ4n) is 2.74. The minimum atomic E-state index is -0.912. The molecule has 1 fully saturated rings. The zero-order valence-corrected chi connectivity index (χ0v) is 12.5. The standard InChI is InChI=1S/C16H21NO4/c1-11-6-7-12(9-14(11)21-2)10-15(18)17-8-4-3-5-13(17)16(19)20/h6-7,9,13H,3-5,8,10H2,1-2H3,(H,19,20). The van der Waals surface area contributed by atoms with Crippen molar-refractivity contribution in [3.63, 3.8) is 0 Å². The van der Waals surface area contributed by atoms with Crippen molar-refractivity contribution in [1.29, 1.82) is 0 Å². The number of rotatable bonds is 4. The molecule has 1 aromatic carbocycles. The topological polar surface area (TPSA) is 66.8 Å². The van der Waals surface area contributed by atoms with Crippen molar-refractivity contribution < 1.29 is 19.4 Å². The summed E-state index contributed by atoms with van der Waals surface area (Å²) in [4.78, 5) is 25.1. The molecule has 1 amide bonds. The molecule has 0 saturated carbocycles. The lowest BCUT2D eigenvalue weighted by Gasteiger charge is -2.33. The first-order chi connectivity index (χ1) is 10.0. The summed E-state index contributed by atoms with van der Waals surface area (Å²) in [5, 5.41) is 9.23. The van der Waals surface area contributed by atoms with Gasteiger partial charge < -0.3 is 14.7 Å². The Bertz CT molecular complexity index is 541. The Hall–Kier alpha value is -2.04. The molecule has 1 N–H and O–H groups in total. The van der Waals surface area contributed by atoms with Gasteiger partial charge in [-0.2, -0.15) is 0 Å². The minimum absolute atomic E-state index is 0.131. The third-order valence-corrected chi connectivity index (χ3v) is 3.94. The second kappa shape index (κ2) is 6.61. The van der Waals surface area contributed by atoms with Crippen molar-refractivity contribution in [3.8, 4) is 5.75 Å². The number of amides is 1. The van der Waals surface area contributed by atoms with Crippen LogP contribution >= 0.6 is 0 Å². The van der Waals surface area contributed by atoms with Gasteiger partial charge in [0.25, 0.3) is 0 Å². The lowest BCUT2D eigenvalue weighted by Crippen LogP contribution is -2.48. The molecule has 1 heterocycles. The molecule has 1 aliphatic heterocycles. The van der Waals surface area contributed by atoms with Gasteiger partial charge in [-0.05, 0) is 43.4 Å². The maximum absolute atomic E-state index is 12.4. The minimum Gasteiger partial charge on any atom is -0.496 e. The normalized spacial score (nSPS) is 18.4. The number of hydrogen-bond acceptors (Lipinski definition) is 3. The summed E-state index contributed by atoms with van der Waals surface area (Å²) >= 11 is 0. The highest BCUT2D eigenvalue weighted by atomic mass is 16.5. The van der Waals surface area contributed by atoms with Gasteiger partial charge in [-0.15, -0.1) is 0 Å². The first-order valence-corrected chi connectivity index (χ1v) is 7.18. The Balaban J connectivity index is 2.11. The summed E-state index contributed by atoms with van der Waals surface area (Å²) in [7, 11) is 1.60. The molecule has 1 aromatic rings. The maximum atomic E-state index is 12.4. The number of carbonyl (C=O) groups excluding carboxylic acids is 1. The van der Waals surface area contributed by atoms with E-state index >= 15 is 0 Å². The molecule has 1 unspecified atom stereocenters. The molecule has 1 saturated heterocycles. The molecular weight excluding hydrogens is 270 g/mol. The van der Waals surface area contributed by atoms with Crippen molar-refractivity contribution in [2.75, 3.05) is 13.7 Å². The van der Waals surface area contributed by atoms with Gasteiger partial charge in [0.2, 0.25) is 5.91 Å². The highest BCUT2D eigenvalue weighted by Crippen LogP contribution is 2.22. The van der Waals surface area contributed by atoms with E-state index in [-0.39, 0.29) is 12.3 Å². The summed E-state index contributed by atoms with van der Waals surface area (Å²) in [6, 6.07) is 4.95. The summed E-state index contributed by atoms with van der Waals surface area (Å²) in [6.07, 6.45) is 2.48. The number of methoxy groups -OCH3 is 1. The number of carboxylic acids is 1. The largest absolute Gasteiger partial charge is 0.496 e. The third-order valence-electron chi connectivity index (χ3n) is 3.94. The van der Waals surface area contributed by atoms with Crippen LogP contribution in [0.3, 0.4) is 0 Å². The number of carbonyl (C=O) groups is 2. The van der Waals surface area contributed by atoms with E-state index in [1.54, 1.807) is 7.11 Å². The Morgan fingerprint density at radius 1 is 1.38 bits per heavy atom. The van der Waals surface area contributed by atoms with Crippen LogP contribution in [-0.2, 0) is 16.0 Å². The molecule has 21 heavy (non-hydrogen) atoms. The van der Waals surface area contributed by atoms with Crippen LogP contribution in [0.5, 0.6) is 5.75 Å². The summed E-state index contributed by atoms with van der Waals surface area (Å²) in [6.45, 7) is 2.47. The monoisotopic (exact) mass is 291 g/mol. The Labute approximate surface area is 124 Å². The molecule has 1 aliphatic rings. The Morgan fingerprint density at radius 2 is 2.14 bits per heavy atom. The van der Waals surface area contributed by atoms with Crippen molar-refractivity contribution >= 4 is 11.9 Å². The second-order valence-corrected chi connectivity index (χ2v) is 5.42. The van der Waals surface area contributed by atoms with E-state index in [0.29, 0.717) is 13.0 Å². The molecular formula is C16H21NO4. The molecule has 2 rings (SSSR count). The lowest BCUT2D eigenvalue weighted by molar-refractivity contribution is -0.151. The van der Waals surface area contributed by atoms with Gasteiger partial charge in [-0.1, -0.05) is 12.1 Å². The molecule has 0 aromatic heterocycles. The smallest absolute Gasteiger partial charge is 0.326 e. The number of benzene rings is 1. The van der Waals surface area contributed by atoms with Crippen LogP contribution in [0.15, 0.2) is 18.2 Å². The molecule has 114 valence electrons. The van der Waals surface area contributed by atoms with Crippen LogP contribution < -0.4 is 4.74 Å². The van der Waals surface area contributed by atoms with Gasteiger partial charge in [0.1, 0.15) is 11.8 Å². The first kappa shape index (κ1) is 15.4. The zero-order valence-electron chi connectivity index (χ0n) is 12.5.